The largest absolute Gasteiger partial charge is 0.362 e. The Balaban J connectivity index is 2.77. The zero-order valence-corrected chi connectivity index (χ0v) is 5.28. The highest BCUT2D eigenvalue weighted by Gasteiger charge is 1.90. The van der Waals surface area contributed by atoms with E-state index in [2.05, 4.69) is 24.5 Å². The molecule has 1 aliphatic heterocycles. The van der Waals surface area contributed by atoms with Crippen LogP contribution >= 0.6 is 12.6 Å². The van der Waals surface area contributed by atoms with Crippen molar-refractivity contribution in [1.82, 2.24) is 5.32 Å². The van der Waals surface area contributed by atoms with Gasteiger partial charge in [0, 0.05) is 16.8 Å². The quantitative estimate of drug-likeness (QED) is 0.467. The molecule has 1 nitrogen and oxygen atoms in total. The molecule has 0 spiro atoms. The first-order valence-electron chi connectivity index (χ1n) is 2.32. The molecule has 1 N–H and O–H groups in total. The fraction of sp³-hybridized carbons (Fsp3) is 0. The summed E-state index contributed by atoms with van der Waals surface area (Å²) in [6, 6.07) is 0. The summed E-state index contributed by atoms with van der Waals surface area (Å²) in [4.78, 5) is 0.939. The molecule has 0 aromatic heterocycles. The fourth-order valence-electron chi connectivity index (χ4n) is 0.502. The van der Waals surface area contributed by atoms with Crippen LogP contribution in [0.15, 0.2) is 35.5 Å². The van der Waals surface area contributed by atoms with Gasteiger partial charge < -0.3 is 5.32 Å². The molecule has 0 unspecified atom stereocenters. The van der Waals surface area contributed by atoms with Gasteiger partial charge in [0.2, 0.25) is 0 Å². The van der Waals surface area contributed by atoms with Gasteiger partial charge in [0.15, 0.2) is 0 Å². The molecular weight excluding hydrogens is 118 g/mol. The Morgan fingerprint density at radius 1 is 1.62 bits per heavy atom. The van der Waals surface area contributed by atoms with E-state index in [-0.39, 0.29) is 0 Å². The Labute approximate surface area is 54.2 Å². The zero-order valence-electron chi connectivity index (χ0n) is 4.39. The fourth-order valence-corrected chi connectivity index (χ4v) is 0.733. The number of hydrogen-bond acceptors (Lipinski definition) is 2. The van der Waals surface area contributed by atoms with Crippen molar-refractivity contribution in [2.75, 3.05) is 0 Å². The Morgan fingerprint density at radius 2 is 2.38 bits per heavy atom. The van der Waals surface area contributed by atoms with Gasteiger partial charge in [0.25, 0.3) is 0 Å². The molecule has 1 heterocycles. The molecule has 42 valence electrons. The van der Waals surface area contributed by atoms with E-state index in [1.807, 2.05) is 18.4 Å². The standard InChI is InChI=1S/C6H7NS/c1-5-4-6(8)2-3-7-5/h2-4,7-8H,1H2. The van der Waals surface area contributed by atoms with E-state index in [0.29, 0.717) is 0 Å². The van der Waals surface area contributed by atoms with Crippen molar-refractivity contribution in [1.29, 1.82) is 0 Å². The van der Waals surface area contributed by atoms with Crippen LogP contribution in [0.4, 0.5) is 0 Å². The Hall–Kier alpha value is -0.630. The highest BCUT2D eigenvalue weighted by molar-refractivity contribution is 7.84. The van der Waals surface area contributed by atoms with E-state index >= 15 is 0 Å². The van der Waals surface area contributed by atoms with Gasteiger partial charge in [-0.3, -0.25) is 0 Å². The summed E-state index contributed by atoms with van der Waals surface area (Å²) in [5.74, 6) is 0. The molecule has 0 aromatic carbocycles. The second kappa shape index (κ2) is 2.09. The van der Waals surface area contributed by atoms with Crippen LogP contribution in [0, 0.1) is 0 Å². The van der Waals surface area contributed by atoms with Crippen molar-refractivity contribution in [2.24, 2.45) is 0 Å². The van der Waals surface area contributed by atoms with Crippen LogP contribution in [0.2, 0.25) is 0 Å². The summed E-state index contributed by atoms with van der Waals surface area (Å²) < 4.78 is 0. The van der Waals surface area contributed by atoms with Gasteiger partial charge in [-0.15, -0.1) is 12.6 Å². The third-order valence-corrected chi connectivity index (χ3v) is 1.12. The topological polar surface area (TPSA) is 12.0 Å². The van der Waals surface area contributed by atoms with Gasteiger partial charge in [-0.25, -0.2) is 0 Å². The maximum atomic E-state index is 4.09. The molecular formula is C6H7NS. The number of nitrogens with one attached hydrogen (secondary N) is 1. The van der Waals surface area contributed by atoms with Gasteiger partial charge in [0.05, 0.1) is 0 Å². The second-order valence-corrected chi connectivity index (χ2v) is 2.09. The molecule has 0 bridgehead atoms. The summed E-state index contributed by atoms with van der Waals surface area (Å²) >= 11 is 4.09. The predicted molar refractivity (Wildman–Crippen MR) is 38.5 cm³/mol. The average Bonchev–Trinajstić information content (AvgIpc) is 1.64. The first kappa shape index (κ1) is 5.51. The van der Waals surface area contributed by atoms with E-state index in [9.17, 15) is 0 Å². The van der Waals surface area contributed by atoms with E-state index in [1.165, 1.54) is 0 Å². The Morgan fingerprint density at radius 3 is 2.75 bits per heavy atom. The van der Waals surface area contributed by atoms with E-state index in [0.717, 1.165) is 10.6 Å². The first-order chi connectivity index (χ1) is 3.79. The molecule has 0 aromatic rings. The minimum atomic E-state index is 0.887. The maximum absolute atomic E-state index is 4.09. The lowest BCUT2D eigenvalue weighted by molar-refractivity contribution is 1.10. The van der Waals surface area contributed by atoms with Crippen LogP contribution in [-0.2, 0) is 0 Å². The first-order valence-corrected chi connectivity index (χ1v) is 2.76. The molecule has 1 rings (SSSR count). The summed E-state index contributed by atoms with van der Waals surface area (Å²) in [6.45, 7) is 3.68. The summed E-state index contributed by atoms with van der Waals surface area (Å²) in [5, 5.41) is 2.91. The smallest absolute Gasteiger partial charge is 0.0317 e. The lowest BCUT2D eigenvalue weighted by atomic mass is 10.3. The van der Waals surface area contributed by atoms with Crippen molar-refractivity contribution >= 4 is 12.6 Å². The number of dihydropyridines is 1. The van der Waals surface area contributed by atoms with E-state index < -0.39 is 0 Å². The molecule has 1 aliphatic rings. The monoisotopic (exact) mass is 125 g/mol. The predicted octanol–water partition coefficient (Wildman–Crippen LogP) is 1.43. The maximum Gasteiger partial charge on any atom is 0.0317 e. The van der Waals surface area contributed by atoms with Crippen molar-refractivity contribution in [3.05, 3.63) is 35.5 Å². The van der Waals surface area contributed by atoms with Crippen molar-refractivity contribution in [3.8, 4) is 0 Å². The third kappa shape index (κ3) is 1.17. The Bertz CT molecular complexity index is 167. The lowest BCUT2D eigenvalue weighted by Crippen LogP contribution is -2.03. The molecule has 0 saturated heterocycles. The van der Waals surface area contributed by atoms with Crippen LogP contribution in [0.1, 0.15) is 0 Å². The minimum Gasteiger partial charge on any atom is -0.362 e. The highest BCUT2D eigenvalue weighted by Crippen LogP contribution is 2.08. The average molecular weight is 125 g/mol. The van der Waals surface area contributed by atoms with Gasteiger partial charge in [-0.05, 0) is 12.2 Å². The van der Waals surface area contributed by atoms with Crippen molar-refractivity contribution in [3.63, 3.8) is 0 Å². The van der Waals surface area contributed by atoms with Crippen molar-refractivity contribution in [2.45, 2.75) is 0 Å². The van der Waals surface area contributed by atoms with Gasteiger partial charge in [-0.2, -0.15) is 0 Å². The van der Waals surface area contributed by atoms with Gasteiger partial charge in [-0.1, -0.05) is 6.58 Å². The lowest BCUT2D eigenvalue weighted by Gasteiger charge is -2.04. The SMILES string of the molecule is C=C1C=C(S)C=CN1. The number of rotatable bonds is 0. The minimum absolute atomic E-state index is 0.887. The van der Waals surface area contributed by atoms with E-state index in [4.69, 9.17) is 0 Å². The summed E-state index contributed by atoms with van der Waals surface area (Å²) in [5.41, 5.74) is 0.887. The highest BCUT2D eigenvalue weighted by atomic mass is 32.1. The van der Waals surface area contributed by atoms with Crippen LogP contribution in [0.5, 0.6) is 0 Å². The number of hydrogen-bond donors (Lipinski definition) is 2. The molecule has 8 heavy (non-hydrogen) atoms. The normalized spacial score (nSPS) is 17.6. The number of thiol groups is 1. The van der Waals surface area contributed by atoms with Crippen LogP contribution in [-0.4, -0.2) is 0 Å². The van der Waals surface area contributed by atoms with Crippen molar-refractivity contribution < 1.29 is 0 Å². The zero-order chi connectivity index (χ0) is 5.98. The molecule has 0 radical (unpaired) electrons. The van der Waals surface area contributed by atoms with Gasteiger partial charge >= 0.3 is 0 Å². The summed E-state index contributed by atoms with van der Waals surface area (Å²) in [7, 11) is 0. The third-order valence-electron chi connectivity index (χ3n) is 0.845. The molecule has 0 amide bonds. The number of allylic oxidation sites excluding steroid dienone is 2. The van der Waals surface area contributed by atoms with Gasteiger partial charge in [0.1, 0.15) is 0 Å². The molecule has 0 fully saturated rings. The second-order valence-electron chi connectivity index (χ2n) is 1.57. The van der Waals surface area contributed by atoms with Crippen LogP contribution in [0.25, 0.3) is 0 Å². The Kier molecular flexibility index (Phi) is 1.44. The molecule has 0 atom stereocenters. The van der Waals surface area contributed by atoms with Crippen LogP contribution in [0.3, 0.4) is 0 Å². The van der Waals surface area contributed by atoms with E-state index in [1.54, 1.807) is 0 Å². The summed E-state index contributed by atoms with van der Waals surface area (Å²) in [6.07, 6.45) is 5.55. The molecule has 0 aliphatic carbocycles. The van der Waals surface area contributed by atoms with Crippen LogP contribution < -0.4 is 5.32 Å². The molecule has 0 saturated carbocycles. The molecule has 2 heteroatoms.